The number of aliphatic hydroxyl groups is 1. The summed E-state index contributed by atoms with van der Waals surface area (Å²) < 4.78 is 39.7. The lowest BCUT2D eigenvalue weighted by atomic mass is 10.1. The molecule has 7 heteroatoms. The van der Waals surface area contributed by atoms with Crippen molar-refractivity contribution >= 4 is 11.6 Å². The van der Waals surface area contributed by atoms with E-state index in [-0.39, 0.29) is 23.8 Å². The minimum Gasteiger partial charge on any atom is -0.389 e. The molecule has 1 fully saturated rings. The lowest BCUT2D eigenvalue weighted by Gasteiger charge is -2.30. The SMILES string of the molecule is CC1(O)CCN([C@@H](c2ccc(Cl)nc2)C(F)(F)F)C1. The van der Waals surface area contributed by atoms with Crippen molar-refractivity contribution in [3.05, 3.63) is 29.0 Å². The summed E-state index contributed by atoms with van der Waals surface area (Å²) in [4.78, 5) is 4.92. The molecule has 1 aliphatic heterocycles. The van der Waals surface area contributed by atoms with Gasteiger partial charge in [0.2, 0.25) is 0 Å². The van der Waals surface area contributed by atoms with Gasteiger partial charge in [0.1, 0.15) is 11.2 Å². The Hall–Kier alpha value is -0.850. The molecule has 2 heterocycles. The number of nitrogens with zero attached hydrogens (tertiary/aromatic N) is 2. The van der Waals surface area contributed by atoms with E-state index in [1.807, 2.05) is 0 Å². The van der Waals surface area contributed by atoms with E-state index in [0.29, 0.717) is 6.42 Å². The molecule has 1 aromatic heterocycles. The van der Waals surface area contributed by atoms with Gasteiger partial charge >= 0.3 is 6.18 Å². The smallest absolute Gasteiger partial charge is 0.389 e. The van der Waals surface area contributed by atoms with Crippen LogP contribution in [0.2, 0.25) is 5.15 Å². The summed E-state index contributed by atoms with van der Waals surface area (Å²) in [5.74, 6) is 0. The zero-order valence-corrected chi connectivity index (χ0v) is 11.0. The maximum absolute atomic E-state index is 13.2. The van der Waals surface area contributed by atoms with Crippen molar-refractivity contribution in [3.63, 3.8) is 0 Å². The van der Waals surface area contributed by atoms with Gasteiger partial charge < -0.3 is 5.11 Å². The zero-order chi connectivity index (χ0) is 14.3. The van der Waals surface area contributed by atoms with Gasteiger partial charge in [-0.1, -0.05) is 17.7 Å². The zero-order valence-electron chi connectivity index (χ0n) is 10.3. The topological polar surface area (TPSA) is 36.4 Å². The molecule has 1 aliphatic rings. The predicted molar refractivity (Wildman–Crippen MR) is 64.9 cm³/mol. The van der Waals surface area contributed by atoms with Gasteiger partial charge in [-0.2, -0.15) is 13.2 Å². The van der Waals surface area contributed by atoms with Crippen LogP contribution in [0.3, 0.4) is 0 Å². The van der Waals surface area contributed by atoms with Crippen molar-refractivity contribution in [3.8, 4) is 0 Å². The molecule has 0 aromatic carbocycles. The third-order valence-electron chi connectivity index (χ3n) is 3.22. The molecule has 1 N–H and O–H groups in total. The van der Waals surface area contributed by atoms with Crippen LogP contribution in [0, 0.1) is 0 Å². The second-order valence-electron chi connectivity index (χ2n) is 5.08. The number of β-amino-alcohol motifs (C(OH)–C–C–N with tert-alkyl or cyclic N) is 1. The number of hydrogen-bond donors (Lipinski definition) is 1. The van der Waals surface area contributed by atoms with Crippen molar-refractivity contribution in [1.82, 2.24) is 9.88 Å². The molecule has 3 nitrogen and oxygen atoms in total. The maximum atomic E-state index is 13.2. The van der Waals surface area contributed by atoms with Crippen molar-refractivity contribution < 1.29 is 18.3 Å². The highest BCUT2D eigenvalue weighted by Crippen LogP contribution is 2.40. The first-order valence-corrected chi connectivity index (χ1v) is 6.21. The van der Waals surface area contributed by atoms with E-state index in [2.05, 4.69) is 4.98 Å². The Labute approximate surface area is 114 Å². The number of hydrogen-bond acceptors (Lipinski definition) is 3. The Morgan fingerprint density at radius 2 is 2.16 bits per heavy atom. The Balaban J connectivity index is 2.30. The lowest BCUT2D eigenvalue weighted by molar-refractivity contribution is -0.185. The standard InChI is InChI=1S/C12H14ClF3N2O/c1-11(19)4-5-18(7-11)10(12(14,15)16)8-2-3-9(13)17-6-8/h2-3,6,10,19H,4-5,7H2,1H3/t10-,11?/m0/s1. The average molecular weight is 295 g/mol. The summed E-state index contributed by atoms with van der Waals surface area (Å²) in [5, 5.41) is 9.98. The van der Waals surface area contributed by atoms with Crippen LogP contribution in [0.25, 0.3) is 0 Å². The fraction of sp³-hybridized carbons (Fsp3) is 0.583. The van der Waals surface area contributed by atoms with Gasteiger partial charge in [0, 0.05) is 19.3 Å². The third-order valence-corrected chi connectivity index (χ3v) is 3.45. The quantitative estimate of drug-likeness (QED) is 0.852. The van der Waals surface area contributed by atoms with Crippen molar-refractivity contribution in [2.75, 3.05) is 13.1 Å². The molecule has 0 aliphatic carbocycles. The van der Waals surface area contributed by atoms with Crippen molar-refractivity contribution in [2.45, 2.75) is 31.2 Å². The van der Waals surface area contributed by atoms with Crippen LogP contribution in [0.15, 0.2) is 18.3 Å². The van der Waals surface area contributed by atoms with E-state index in [1.54, 1.807) is 6.92 Å². The molecule has 2 atom stereocenters. The molecule has 0 saturated carbocycles. The van der Waals surface area contributed by atoms with Crippen molar-refractivity contribution in [1.29, 1.82) is 0 Å². The predicted octanol–water partition coefficient (Wildman–Crippen LogP) is 2.80. The summed E-state index contributed by atoms with van der Waals surface area (Å²) in [7, 11) is 0. The van der Waals surface area contributed by atoms with Crippen molar-refractivity contribution in [2.24, 2.45) is 0 Å². The first-order chi connectivity index (χ1) is 8.69. The first kappa shape index (κ1) is 14.6. The molecular formula is C12H14ClF3N2O. The average Bonchev–Trinajstić information content (AvgIpc) is 2.60. The van der Waals surface area contributed by atoms with Crippen LogP contribution in [0.1, 0.15) is 24.9 Å². The molecular weight excluding hydrogens is 281 g/mol. The largest absolute Gasteiger partial charge is 0.408 e. The van der Waals surface area contributed by atoms with Gasteiger partial charge in [0.05, 0.1) is 5.60 Å². The molecule has 1 saturated heterocycles. The van der Waals surface area contributed by atoms with Gasteiger partial charge in [-0.05, 0) is 25.0 Å². The molecule has 106 valence electrons. The molecule has 0 radical (unpaired) electrons. The molecule has 1 aromatic rings. The number of pyridine rings is 1. The van der Waals surface area contributed by atoms with Gasteiger partial charge in [0.25, 0.3) is 0 Å². The Kier molecular flexibility index (Phi) is 3.77. The number of likely N-dealkylation sites (tertiary alicyclic amines) is 1. The number of halogens is 4. The Morgan fingerprint density at radius 1 is 1.47 bits per heavy atom. The molecule has 1 unspecified atom stereocenters. The molecule has 0 bridgehead atoms. The maximum Gasteiger partial charge on any atom is 0.408 e. The fourth-order valence-corrected chi connectivity index (χ4v) is 2.47. The lowest BCUT2D eigenvalue weighted by Crippen LogP contribution is -2.39. The van der Waals surface area contributed by atoms with Gasteiger partial charge in [-0.3, -0.25) is 4.90 Å². The highest BCUT2D eigenvalue weighted by Gasteiger charge is 2.48. The Bertz CT molecular complexity index is 447. The van der Waals surface area contributed by atoms with Crippen LogP contribution in [-0.2, 0) is 0 Å². The van der Waals surface area contributed by atoms with Crippen LogP contribution >= 0.6 is 11.6 Å². The second kappa shape index (κ2) is 4.92. The van der Waals surface area contributed by atoms with E-state index in [9.17, 15) is 18.3 Å². The summed E-state index contributed by atoms with van der Waals surface area (Å²) in [6.45, 7) is 1.72. The molecule has 19 heavy (non-hydrogen) atoms. The van der Waals surface area contributed by atoms with E-state index >= 15 is 0 Å². The fourth-order valence-electron chi connectivity index (χ4n) is 2.36. The van der Waals surface area contributed by atoms with E-state index in [0.717, 1.165) is 6.20 Å². The number of alkyl halides is 3. The van der Waals surface area contributed by atoms with E-state index < -0.39 is 17.8 Å². The summed E-state index contributed by atoms with van der Waals surface area (Å²) in [6, 6.07) is 0.899. The highest BCUT2D eigenvalue weighted by molar-refractivity contribution is 6.29. The monoisotopic (exact) mass is 294 g/mol. The Morgan fingerprint density at radius 3 is 2.58 bits per heavy atom. The molecule has 0 spiro atoms. The minimum atomic E-state index is -4.42. The third kappa shape index (κ3) is 3.38. The minimum absolute atomic E-state index is 0.0141. The van der Waals surface area contributed by atoms with Gasteiger partial charge in [0.15, 0.2) is 0 Å². The van der Waals surface area contributed by atoms with Crippen LogP contribution in [0.4, 0.5) is 13.2 Å². The first-order valence-electron chi connectivity index (χ1n) is 5.84. The second-order valence-corrected chi connectivity index (χ2v) is 5.46. The highest BCUT2D eigenvalue weighted by atomic mass is 35.5. The summed E-state index contributed by atoms with van der Waals surface area (Å²) in [6.07, 6.45) is -2.97. The van der Waals surface area contributed by atoms with Crippen LogP contribution in [-0.4, -0.2) is 39.9 Å². The van der Waals surface area contributed by atoms with Crippen LogP contribution < -0.4 is 0 Å². The number of aromatic nitrogens is 1. The van der Waals surface area contributed by atoms with Gasteiger partial charge in [-0.15, -0.1) is 0 Å². The normalized spacial score (nSPS) is 26.6. The van der Waals surface area contributed by atoms with E-state index in [4.69, 9.17) is 11.6 Å². The van der Waals surface area contributed by atoms with Gasteiger partial charge in [-0.25, -0.2) is 4.98 Å². The molecule has 2 rings (SSSR count). The summed E-state index contributed by atoms with van der Waals surface area (Å²) >= 11 is 5.59. The number of rotatable bonds is 2. The van der Waals surface area contributed by atoms with E-state index in [1.165, 1.54) is 17.0 Å². The van der Waals surface area contributed by atoms with Crippen LogP contribution in [0.5, 0.6) is 0 Å². The molecule has 0 amide bonds. The summed E-state index contributed by atoms with van der Waals surface area (Å²) in [5.41, 5.74) is -1.04.